The lowest BCUT2D eigenvalue weighted by molar-refractivity contribution is -0.141. The summed E-state index contributed by atoms with van der Waals surface area (Å²) in [5.74, 6) is -2.05. The van der Waals surface area contributed by atoms with Crippen LogP contribution >= 0.6 is 11.6 Å². The van der Waals surface area contributed by atoms with E-state index in [-0.39, 0.29) is 12.8 Å². The standard InChI is InChI=1S/C17H15ClFNO3/c18-13-6-4-11(5-7-13)9-15(17(22)23)20-16(21)10-12-2-1-3-14(19)8-12/h1-8,15H,9-10H2,(H,20,21)(H,22,23)/t15-/m1/s1. The Morgan fingerprint density at radius 2 is 1.83 bits per heavy atom. The first-order valence-electron chi connectivity index (χ1n) is 6.95. The second-order valence-corrected chi connectivity index (χ2v) is 5.53. The maximum atomic E-state index is 13.1. The number of carboxylic acids is 1. The lowest BCUT2D eigenvalue weighted by Crippen LogP contribution is -2.43. The number of nitrogens with one attached hydrogen (secondary N) is 1. The molecule has 2 rings (SSSR count). The minimum atomic E-state index is -1.13. The molecule has 0 saturated heterocycles. The second-order valence-electron chi connectivity index (χ2n) is 5.10. The lowest BCUT2D eigenvalue weighted by Gasteiger charge is -2.15. The van der Waals surface area contributed by atoms with Crippen LogP contribution in [0, 0.1) is 5.82 Å². The minimum absolute atomic E-state index is 0.0812. The molecule has 0 fully saturated rings. The SMILES string of the molecule is O=C(Cc1cccc(F)c1)N[C@H](Cc1ccc(Cl)cc1)C(=O)O. The monoisotopic (exact) mass is 335 g/mol. The summed E-state index contributed by atoms with van der Waals surface area (Å²) in [4.78, 5) is 23.3. The van der Waals surface area contributed by atoms with E-state index < -0.39 is 23.7 Å². The molecule has 0 aliphatic heterocycles. The quantitative estimate of drug-likeness (QED) is 0.853. The molecule has 0 spiro atoms. The third kappa shape index (κ3) is 5.38. The zero-order valence-corrected chi connectivity index (χ0v) is 12.9. The van der Waals surface area contributed by atoms with Crippen LogP contribution in [0.15, 0.2) is 48.5 Å². The highest BCUT2D eigenvalue weighted by molar-refractivity contribution is 6.30. The van der Waals surface area contributed by atoms with E-state index in [0.29, 0.717) is 10.6 Å². The molecule has 0 unspecified atom stereocenters. The van der Waals surface area contributed by atoms with E-state index in [1.165, 1.54) is 18.2 Å². The lowest BCUT2D eigenvalue weighted by atomic mass is 10.1. The number of aliphatic carboxylic acids is 1. The van der Waals surface area contributed by atoms with E-state index in [9.17, 15) is 19.1 Å². The summed E-state index contributed by atoms with van der Waals surface area (Å²) in [5.41, 5.74) is 1.23. The van der Waals surface area contributed by atoms with Crippen LogP contribution in [0.1, 0.15) is 11.1 Å². The van der Waals surface area contributed by atoms with Crippen LogP contribution in [0.5, 0.6) is 0 Å². The van der Waals surface area contributed by atoms with Gasteiger partial charge in [0.15, 0.2) is 0 Å². The van der Waals surface area contributed by atoms with E-state index in [1.54, 1.807) is 30.3 Å². The van der Waals surface area contributed by atoms with Crippen LogP contribution in [0.2, 0.25) is 5.02 Å². The van der Waals surface area contributed by atoms with Gasteiger partial charge in [-0.2, -0.15) is 0 Å². The first-order valence-corrected chi connectivity index (χ1v) is 7.33. The molecule has 1 amide bonds. The van der Waals surface area contributed by atoms with Crippen molar-refractivity contribution in [1.82, 2.24) is 5.32 Å². The molecule has 6 heteroatoms. The van der Waals surface area contributed by atoms with E-state index in [4.69, 9.17) is 11.6 Å². The molecule has 0 saturated carbocycles. The number of carboxylic acid groups (broad SMARTS) is 1. The van der Waals surface area contributed by atoms with Gasteiger partial charge in [0.05, 0.1) is 6.42 Å². The summed E-state index contributed by atoms with van der Waals surface area (Å²) < 4.78 is 13.1. The number of benzene rings is 2. The highest BCUT2D eigenvalue weighted by atomic mass is 35.5. The van der Waals surface area contributed by atoms with Crippen molar-refractivity contribution in [3.05, 3.63) is 70.5 Å². The molecule has 0 aliphatic carbocycles. The largest absolute Gasteiger partial charge is 0.480 e. The van der Waals surface area contributed by atoms with Crippen molar-refractivity contribution in [3.63, 3.8) is 0 Å². The Kier molecular flexibility index (Phi) is 5.71. The average Bonchev–Trinajstić information content (AvgIpc) is 2.48. The fourth-order valence-corrected chi connectivity index (χ4v) is 2.26. The third-order valence-electron chi connectivity index (χ3n) is 3.24. The van der Waals surface area contributed by atoms with Gasteiger partial charge in [0.25, 0.3) is 0 Å². The number of carbonyl (C=O) groups is 2. The number of amides is 1. The highest BCUT2D eigenvalue weighted by Gasteiger charge is 2.20. The van der Waals surface area contributed by atoms with Crippen molar-refractivity contribution in [2.75, 3.05) is 0 Å². The first-order chi connectivity index (χ1) is 10.9. The Morgan fingerprint density at radius 3 is 2.43 bits per heavy atom. The Hall–Kier alpha value is -2.40. The fourth-order valence-electron chi connectivity index (χ4n) is 2.13. The Morgan fingerprint density at radius 1 is 1.13 bits per heavy atom. The average molecular weight is 336 g/mol. The van der Waals surface area contributed by atoms with Crippen LogP contribution in [0.4, 0.5) is 4.39 Å². The zero-order chi connectivity index (χ0) is 16.8. The van der Waals surface area contributed by atoms with Gasteiger partial charge in [0, 0.05) is 11.4 Å². The summed E-state index contributed by atoms with van der Waals surface area (Å²) in [5, 5.41) is 12.3. The van der Waals surface area contributed by atoms with Gasteiger partial charge in [-0.3, -0.25) is 4.79 Å². The summed E-state index contributed by atoms with van der Waals surface area (Å²) >= 11 is 5.78. The summed E-state index contributed by atoms with van der Waals surface area (Å²) in [6.45, 7) is 0. The molecule has 0 bridgehead atoms. The topological polar surface area (TPSA) is 66.4 Å². The molecule has 0 heterocycles. The normalized spacial score (nSPS) is 11.7. The molecule has 0 radical (unpaired) electrons. The van der Waals surface area contributed by atoms with Gasteiger partial charge in [0.2, 0.25) is 5.91 Å². The number of hydrogen-bond donors (Lipinski definition) is 2. The van der Waals surface area contributed by atoms with E-state index in [2.05, 4.69) is 5.32 Å². The number of carbonyl (C=O) groups excluding carboxylic acids is 1. The molecule has 23 heavy (non-hydrogen) atoms. The first kappa shape index (κ1) is 17.0. The van der Waals surface area contributed by atoms with Crippen molar-refractivity contribution < 1.29 is 19.1 Å². The predicted octanol–water partition coefficient (Wildman–Crippen LogP) is 2.83. The molecule has 1 atom stereocenters. The maximum Gasteiger partial charge on any atom is 0.326 e. The van der Waals surface area contributed by atoms with Crippen LogP contribution in [0.25, 0.3) is 0 Å². The van der Waals surface area contributed by atoms with E-state index >= 15 is 0 Å². The van der Waals surface area contributed by atoms with Crippen molar-refractivity contribution >= 4 is 23.5 Å². The maximum absolute atomic E-state index is 13.1. The summed E-state index contributed by atoms with van der Waals surface area (Å²) in [6.07, 6.45) is 0.0591. The van der Waals surface area contributed by atoms with Gasteiger partial charge in [-0.05, 0) is 35.4 Å². The van der Waals surface area contributed by atoms with Gasteiger partial charge in [-0.25, -0.2) is 9.18 Å². The Labute approximate surface area is 137 Å². The number of hydrogen-bond acceptors (Lipinski definition) is 2. The smallest absolute Gasteiger partial charge is 0.326 e. The minimum Gasteiger partial charge on any atom is -0.480 e. The van der Waals surface area contributed by atoms with Gasteiger partial charge in [-0.1, -0.05) is 35.9 Å². The van der Waals surface area contributed by atoms with Crippen molar-refractivity contribution in [2.45, 2.75) is 18.9 Å². The summed E-state index contributed by atoms with van der Waals surface area (Å²) in [6, 6.07) is 11.3. The molecule has 2 aromatic rings. The molecule has 4 nitrogen and oxygen atoms in total. The molecule has 0 aliphatic rings. The molecule has 2 N–H and O–H groups in total. The fraction of sp³-hybridized carbons (Fsp3) is 0.176. The number of rotatable bonds is 6. The van der Waals surface area contributed by atoms with Crippen LogP contribution < -0.4 is 5.32 Å². The van der Waals surface area contributed by atoms with Crippen LogP contribution in [0.3, 0.4) is 0 Å². The van der Waals surface area contributed by atoms with Gasteiger partial charge in [0.1, 0.15) is 11.9 Å². The van der Waals surface area contributed by atoms with E-state index in [1.807, 2.05) is 0 Å². The summed E-state index contributed by atoms with van der Waals surface area (Å²) in [7, 11) is 0. The Balaban J connectivity index is 1.99. The Bertz CT molecular complexity index is 703. The highest BCUT2D eigenvalue weighted by Crippen LogP contribution is 2.11. The van der Waals surface area contributed by atoms with Crippen LogP contribution in [-0.2, 0) is 22.4 Å². The van der Waals surface area contributed by atoms with Gasteiger partial charge >= 0.3 is 5.97 Å². The van der Waals surface area contributed by atoms with Crippen molar-refractivity contribution in [2.24, 2.45) is 0 Å². The third-order valence-corrected chi connectivity index (χ3v) is 3.49. The van der Waals surface area contributed by atoms with Crippen molar-refractivity contribution in [3.8, 4) is 0 Å². The van der Waals surface area contributed by atoms with E-state index in [0.717, 1.165) is 5.56 Å². The molecular weight excluding hydrogens is 321 g/mol. The van der Waals surface area contributed by atoms with Gasteiger partial charge in [-0.15, -0.1) is 0 Å². The van der Waals surface area contributed by atoms with Crippen LogP contribution in [-0.4, -0.2) is 23.0 Å². The zero-order valence-electron chi connectivity index (χ0n) is 12.1. The molecule has 0 aromatic heterocycles. The van der Waals surface area contributed by atoms with Gasteiger partial charge < -0.3 is 10.4 Å². The molecule has 2 aromatic carbocycles. The molecule has 120 valence electrons. The number of halogens is 2. The predicted molar refractivity (Wildman–Crippen MR) is 84.8 cm³/mol. The van der Waals surface area contributed by atoms with Crippen molar-refractivity contribution in [1.29, 1.82) is 0 Å². The molecular formula is C17H15ClFNO3. The second kappa shape index (κ2) is 7.74.